The first kappa shape index (κ1) is 14.6. The van der Waals surface area contributed by atoms with Crippen molar-refractivity contribution in [1.82, 2.24) is 0 Å². The highest BCUT2D eigenvalue weighted by molar-refractivity contribution is 9.11. The van der Waals surface area contributed by atoms with E-state index in [0.717, 1.165) is 36.3 Å². The Balaban J connectivity index is 2.00. The van der Waals surface area contributed by atoms with Crippen molar-refractivity contribution in [3.63, 3.8) is 0 Å². The molecular weight excluding hydrogens is 348 g/mol. The number of thiophene rings is 1. The molecule has 0 saturated carbocycles. The van der Waals surface area contributed by atoms with Gasteiger partial charge in [0.15, 0.2) is 0 Å². The lowest BCUT2D eigenvalue weighted by Crippen LogP contribution is -1.96. The molecule has 1 atom stereocenters. The van der Waals surface area contributed by atoms with E-state index in [2.05, 4.69) is 15.9 Å². The van der Waals surface area contributed by atoms with E-state index in [-0.39, 0.29) is 0 Å². The topological polar surface area (TPSA) is 29.5 Å². The van der Waals surface area contributed by atoms with Crippen LogP contribution < -0.4 is 4.74 Å². The lowest BCUT2D eigenvalue weighted by Gasteiger charge is -2.10. The van der Waals surface area contributed by atoms with E-state index in [1.807, 2.05) is 49.4 Å². The van der Waals surface area contributed by atoms with E-state index >= 15 is 0 Å². The van der Waals surface area contributed by atoms with Gasteiger partial charge in [-0.2, -0.15) is 0 Å². The number of rotatable bonds is 3. The molecular formula is C17H15BrO2S. The average molecular weight is 363 g/mol. The molecule has 108 valence electrons. The molecule has 0 spiro atoms. The van der Waals surface area contributed by atoms with Crippen molar-refractivity contribution in [2.75, 3.05) is 7.11 Å². The fourth-order valence-corrected chi connectivity index (χ4v) is 3.91. The Hall–Kier alpha value is -1.36. The monoisotopic (exact) mass is 362 g/mol. The number of aryl methyl sites for hydroxylation is 1. The number of ether oxygens (including phenoxy) is 1. The van der Waals surface area contributed by atoms with Crippen molar-refractivity contribution in [3.8, 4) is 5.75 Å². The van der Waals surface area contributed by atoms with Crippen LogP contribution in [0.2, 0.25) is 0 Å². The predicted molar refractivity (Wildman–Crippen MR) is 91.3 cm³/mol. The number of methoxy groups -OCH3 is 1. The van der Waals surface area contributed by atoms with Gasteiger partial charge in [-0.15, -0.1) is 11.3 Å². The molecule has 0 aliphatic rings. The minimum atomic E-state index is -0.591. The van der Waals surface area contributed by atoms with Crippen LogP contribution in [-0.2, 0) is 0 Å². The second-order valence-corrected chi connectivity index (χ2v) is 7.38. The SMILES string of the molecule is COc1ccc2cc(C(O)c3cc(C)c(Br)s3)ccc2c1. The number of aliphatic hydroxyl groups excluding tert-OH is 1. The summed E-state index contributed by atoms with van der Waals surface area (Å²) in [5.41, 5.74) is 2.06. The van der Waals surface area contributed by atoms with Gasteiger partial charge in [0, 0.05) is 4.88 Å². The highest BCUT2D eigenvalue weighted by Crippen LogP contribution is 2.35. The van der Waals surface area contributed by atoms with Crippen LogP contribution in [0.3, 0.4) is 0 Å². The molecule has 1 unspecified atom stereocenters. The Labute approximate surface area is 136 Å². The van der Waals surface area contributed by atoms with Crippen molar-refractivity contribution in [2.24, 2.45) is 0 Å². The van der Waals surface area contributed by atoms with E-state index in [1.165, 1.54) is 0 Å². The van der Waals surface area contributed by atoms with Crippen molar-refractivity contribution in [2.45, 2.75) is 13.0 Å². The zero-order valence-electron chi connectivity index (χ0n) is 11.8. The Morgan fingerprint density at radius 2 is 1.81 bits per heavy atom. The number of aliphatic hydroxyl groups is 1. The summed E-state index contributed by atoms with van der Waals surface area (Å²) in [6, 6.07) is 14.0. The Morgan fingerprint density at radius 1 is 1.10 bits per heavy atom. The third-order valence-corrected chi connectivity index (χ3v) is 5.72. The third-order valence-electron chi connectivity index (χ3n) is 3.53. The minimum absolute atomic E-state index is 0.591. The van der Waals surface area contributed by atoms with Crippen molar-refractivity contribution in [1.29, 1.82) is 0 Å². The van der Waals surface area contributed by atoms with Crippen LogP contribution in [0.25, 0.3) is 10.8 Å². The highest BCUT2D eigenvalue weighted by atomic mass is 79.9. The Morgan fingerprint density at radius 3 is 2.48 bits per heavy atom. The summed E-state index contributed by atoms with van der Waals surface area (Å²) in [6.07, 6.45) is -0.591. The molecule has 1 N–H and O–H groups in total. The summed E-state index contributed by atoms with van der Waals surface area (Å²) in [6.45, 7) is 2.03. The standard InChI is InChI=1S/C17H15BrO2S/c1-10-7-15(21-17(10)18)16(19)13-4-3-12-9-14(20-2)6-5-11(12)8-13/h3-9,16,19H,1-2H3. The maximum Gasteiger partial charge on any atom is 0.119 e. The van der Waals surface area contributed by atoms with E-state index in [9.17, 15) is 5.11 Å². The van der Waals surface area contributed by atoms with E-state index in [1.54, 1.807) is 18.4 Å². The van der Waals surface area contributed by atoms with Gasteiger partial charge in [-0.3, -0.25) is 0 Å². The molecule has 4 heteroatoms. The summed E-state index contributed by atoms with van der Waals surface area (Å²) in [5, 5.41) is 12.8. The lowest BCUT2D eigenvalue weighted by atomic mass is 10.0. The van der Waals surface area contributed by atoms with Gasteiger partial charge >= 0.3 is 0 Å². The van der Waals surface area contributed by atoms with Crippen LogP contribution in [0, 0.1) is 6.92 Å². The number of hydrogen-bond acceptors (Lipinski definition) is 3. The van der Waals surface area contributed by atoms with Gasteiger partial charge in [0.25, 0.3) is 0 Å². The van der Waals surface area contributed by atoms with Crippen LogP contribution in [-0.4, -0.2) is 12.2 Å². The summed E-state index contributed by atoms with van der Waals surface area (Å²) in [7, 11) is 1.66. The first-order valence-corrected chi connectivity index (χ1v) is 8.21. The van der Waals surface area contributed by atoms with E-state index < -0.39 is 6.10 Å². The molecule has 1 aromatic heterocycles. The molecule has 0 saturated heterocycles. The lowest BCUT2D eigenvalue weighted by molar-refractivity contribution is 0.224. The summed E-state index contributed by atoms with van der Waals surface area (Å²) >= 11 is 5.08. The Bertz CT molecular complexity index is 775. The number of hydrogen-bond donors (Lipinski definition) is 1. The first-order valence-electron chi connectivity index (χ1n) is 6.60. The summed E-state index contributed by atoms with van der Waals surface area (Å²) < 4.78 is 6.30. The van der Waals surface area contributed by atoms with Crippen molar-refractivity contribution >= 4 is 38.0 Å². The second kappa shape index (κ2) is 5.79. The van der Waals surface area contributed by atoms with Gasteiger partial charge in [-0.05, 0) is 69.0 Å². The molecule has 3 rings (SSSR count). The quantitative estimate of drug-likeness (QED) is 0.705. The molecule has 0 bridgehead atoms. The zero-order chi connectivity index (χ0) is 15.0. The molecule has 0 aliphatic heterocycles. The first-order chi connectivity index (χ1) is 10.1. The van der Waals surface area contributed by atoms with Crippen LogP contribution in [0.1, 0.15) is 22.1 Å². The van der Waals surface area contributed by atoms with Gasteiger partial charge in [-0.25, -0.2) is 0 Å². The van der Waals surface area contributed by atoms with Crippen LogP contribution in [0.5, 0.6) is 5.75 Å². The molecule has 0 aliphatic carbocycles. The zero-order valence-corrected chi connectivity index (χ0v) is 14.2. The van der Waals surface area contributed by atoms with Gasteiger partial charge in [0.1, 0.15) is 11.9 Å². The molecule has 0 fully saturated rings. The second-order valence-electron chi connectivity index (χ2n) is 4.98. The van der Waals surface area contributed by atoms with E-state index in [4.69, 9.17) is 4.74 Å². The molecule has 3 aromatic rings. The minimum Gasteiger partial charge on any atom is -0.497 e. The largest absolute Gasteiger partial charge is 0.497 e. The number of benzene rings is 2. The van der Waals surface area contributed by atoms with Crippen LogP contribution in [0.15, 0.2) is 46.3 Å². The summed E-state index contributed by atoms with van der Waals surface area (Å²) in [4.78, 5) is 0.951. The third kappa shape index (κ3) is 2.84. The highest BCUT2D eigenvalue weighted by Gasteiger charge is 2.15. The maximum absolute atomic E-state index is 10.6. The maximum atomic E-state index is 10.6. The molecule has 1 heterocycles. The Kier molecular flexibility index (Phi) is 4.02. The van der Waals surface area contributed by atoms with Gasteiger partial charge in [0.05, 0.1) is 10.9 Å². The summed E-state index contributed by atoms with van der Waals surface area (Å²) in [5.74, 6) is 0.841. The van der Waals surface area contributed by atoms with Gasteiger partial charge in [-0.1, -0.05) is 18.2 Å². The molecule has 21 heavy (non-hydrogen) atoms. The van der Waals surface area contributed by atoms with Crippen LogP contribution in [0.4, 0.5) is 0 Å². The predicted octanol–water partition coefficient (Wildman–Crippen LogP) is 5.06. The van der Waals surface area contributed by atoms with Gasteiger partial charge < -0.3 is 9.84 Å². The fourth-order valence-electron chi connectivity index (χ4n) is 2.32. The van der Waals surface area contributed by atoms with Crippen LogP contribution >= 0.6 is 27.3 Å². The molecule has 0 radical (unpaired) electrons. The number of fused-ring (bicyclic) bond motifs is 1. The number of halogens is 1. The van der Waals surface area contributed by atoms with Crippen molar-refractivity contribution < 1.29 is 9.84 Å². The fraction of sp³-hybridized carbons (Fsp3) is 0.176. The van der Waals surface area contributed by atoms with Gasteiger partial charge in [0.2, 0.25) is 0 Å². The normalized spacial score (nSPS) is 12.6. The van der Waals surface area contributed by atoms with Crippen molar-refractivity contribution in [3.05, 3.63) is 62.3 Å². The van der Waals surface area contributed by atoms with E-state index in [0.29, 0.717) is 0 Å². The average Bonchev–Trinajstić information content (AvgIpc) is 2.85. The molecule has 0 amide bonds. The smallest absolute Gasteiger partial charge is 0.119 e. The molecule has 2 nitrogen and oxygen atoms in total. The molecule has 2 aromatic carbocycles.